The van der Waals surface area contributed by atoms with E-state index in [1.165, 1.54) is 110 Å². The SMILES string of the molecule is CC=C1COCC1=CC(/C=C/c1ccc2c(c1)C(C)(C)c1cc3c(cc1-2)C(C)(C)c1cc2c(cc1-3)C(C)(C)c1cc(/C=C/C)ccc1-2)=C([C]#[Os])[P+](c1ccccc1)(c1ccccc1)c1ccccc1. The fourth-order valence-corrected chi connectivity index (χ4v) is 18.0. The summed E-state index contributed by atoms with van der Waals surface area (Å²) in [5, 5.41) is 5.14. The summed E-state index contributed by atoms with van der Waals surface area (Å²) in [5.41, 5.74) is 22.4. The predicted octanol–water partition coefficient (Wildman–Crippen LogP) is 15.3. The molecular weight excluding hydrogens is 1030 g/mol. The Morgan fingerprint density at radius 3 is 1.29 bits per heavy atom. The van der Waals surface area contributed by atoms with Gasteiger partial charge < -0.3 is 0 Å². The zero-order valence-electron chi connectivity index (χ0n) is 41.0. The molecule has 3 aliphatic carbocycles. The molecule has 0 amide bonds. The van der Waals surface area contributed by atoms with Crippen LogP contribution in [0.5, 0.6) is 0 Å². The number of rotatable bonds is 8. The van der Waals surface area contributed by atoms with E-state index in [1.54, 1.807) is 0 Å². The first-order valence-corrected chi connectivity index (χ1v) is 27.5. The van der Waals surface area contributed by atoms with Crippen LogP contribution in [0.4, 0.5) is 0 Å². The van der Waals surface area contributed by atoms with Crippen molar-refractivity contribution in [1.82, 2.24) is 0 Å². The molecule has 0 aromatic heterocycles. The summed E-state index contributed by atoms with van der Waals surface area (Å²) in [6.07, 6.45) is 13.7. The van der Waals surface area contributed by atoms with Gasteiger partial charge in [-0.25, -0.2) is 0 Å². The van der Waals surface area contributed by atoms with Crippen LogP contribution < -0.4 is 15.9 Å². The fourth-order valence-electron chi connectivity index (χ4n) is 12.1. The van der Waals surface area contributed by atoms with Crippen LogP contribution in [0.15, 0.2) is 198 Å². The van der Waals surface area contributed by atoms with Crippen molar-refractivity contribution < 1.29 is 22.7 Å². The second kappa shape index (κ2) is 17.2. The van der Waals surface area contributed by atoms with E-state index in [0.29, 0.717) is 13.2 Å². The minimum atomic E-state index is -2.46. The molecule has 4 aliphatic rings. The second-order valence-corrected chi connectivity index (χ2v) is 24.7. The molecule has 3 heteroatoms. The van der Waals surface area contributed by atoms with Gasteiger partial charge in [0.25, 0.3) is 0 Å². The summed E-state index contributed by atoms with van der Waals surface area (Å²) in [4.78, 5) is 0. The van der Waals surface area contributed by atoms with Gasteiger partial charge in [0.2, 0.25) is 0 Å². The van der Waals surface area contributed by atoms with Gasteiger partial charge in [0, 0.05) is 10.8 Å². The van der Waals surface area contributed by atoms with Crippen LogP contribution in [0.2, 0.25) is 0 Å². The maximum atomic E-state index is 6.10. The van der Waals surface area contributed by atoms with Crippen LogP contribution in [-0.2, 0) is 38.9 Å². The Morgan fingerprint density at radius 1 is 0.493 bits per heavy atom. The van der Waals surface area contributed by atoms with Crippen molar-refractivity contribution in [1.29, 1.82) is 0 Å². The number of hydrogen-bond donors (Lipinski definition) is 0. The first-order chi connectivity index (χ1) is 33.3. The molecule has 0 saturated carbocycles. The van der Waals surface area contributed by atoms with Crippen molar-refractivity contribution >= 4 is 35.3 Å². The molecule has 0 spiro atoms. The standard InChI is InChI=1S/C66H59OP.Os/c1-10-21-44-29-32-52-54-37-62-56(39-60(54)64(4,5)58(52)34-44)57-40-61-55(38-63(57)66(62,8)9)53-33-30-45(35-59(53)65(61,6)7)28-31-47(36-48-42-67-41-46(48)11-2)43(3)68(49-22-15-12-16-23-49,50-24-17-13-18-25-50)51-26-19-14-20-27-51;/h10-40H,41-42H2,1-2,4-9H3;/q+1;/b21-10+,31-28+,46-11?,47-43?,48-36?;. The second-order valence-electron chi connectivity index (χ2n) is 20.8. The topological polar surface area (TPSA) is 9.23 Å². The number of hydrogen-bond acceptors (Lipinski definition) is 1. The van der Waals surface area contributed by atoms with E-state index in [1.807, 2.05) is 17.9 Å². The van der Waals surface area contributed by atoms with Crippen molar-refractivity contribution in [3.63, 3.8) is 0 Å². The van der Waals surface area contributed by atoms with E-state index in [4.69, 9.17) is 4.74 Å². The summed E-state index contributed by atoms with van der Waals surface area (Å²) in [7, 11) is -2.46. The van der Waals surface area contributed by atoms with E-state index in [0.717, 1.165) is 5.57 Å². The first-order valence-electron chi connectivity index (χ1n) is 24.4. The monoisotopic (exact) mass is 1090 g/mol. The Labute approximate surface area is 420 Å². The van der Waals surface area contributed by atoms with Gasteiger partial charge in [-0.05, 0) is 58.0 Å². The van der Waals surface area contributed by atoms with E-state index in [-0.39, 0.29) is 16.2 Å². The van der Waals surface area contributed by atoms with Crippen LogP contribution in [0.25, 0.3) is 45.5 Å². The predicted molar refractivity (Wildman–Crippen MR) is 292 cm³/mol. The molecular formula is C66H59OOsP+. The summed E-state index contributed by atoms with van der Waals surface area (Å²) in [5.74, 6) is 0. The van der Waals surface area contributed by atoms with Gasteiger partial charge in [0.05, 0.1) is 0 Å². The van der Waals surface area contributed by atoms with Gasteiger partial charge in [0.1, 0.15) is 0 Å². The van der Waals surface area contributed by atoms with Crippen LogP contribution in [0.1, 0.15) is 99.9 Å². The first kappa shape index (κ1) is 45.5. The third kappa shape index (κ3) is 7.06. The van der Waals surface area contributed by atoms with E-state index in [9.17, 15) is 0 Å². The average Bonchev–Trinajstić information content (AvgIpc) is 4.04. The van der Waals surface area contributed by atoms with Gasteiger partial charge >= 0.3 is 296 Å². The molecule has 0 N–H and O–H groups in total. The summed E-state index contributed by atoms with van der Waals surface area (Å²) in [6.45, 7) is 20.0. The number of ether oxygens (including phenoxy) is 1. The number of benzene rings is 7. The Kier molecular flexibility index (Phi) is 11.3. The molecule has 1 nitrogen and oxygen atoms in total. The summed E-state index contributed by atoms with van der Waals surface area (Å²) < 4.78 is 10.0. The molecule has 0 bridgehead atoms. The molecule has 341 valence electrons. The van der Waals surface area contributed by atoms with E-state index < -0.39 is 7.26 Å². The van der Waals surface area contributed by atoms with Gasteiger partial charge in [-0.3, -0.25) is 0 Å². The molecule has 1 saturated heterocycles. The van der Waals surface area contributed by atoms with Gasteiger partial charge in [0.15, 0.2) is 0 Å². The zero-order chi connectivity index (χ0) is 47.9. The Morgan fingerprint density at radius 2 is 0.884 bits per heavy atom. The zero-order valence-corrected chi connectivity index (χ0v) is 44.5. The van der Waals surface area contributed by atoms with Crippen molar-refractivity contribution in [3.05, 3.63) is 243 Å². The molecule has 7 aromatic carbocycles. The third-order valence-corrected chi connectivity index (χ3v) is 21.3. The number of allylic oxidation sites excluding steroid dienone is 6. The van der Waals surface area contributed by atoms with Crippen LogP contribution in [0, 0.1) is 4.37 Å². The molecule has 11 rings (SSSR count). The Balaban J connectivity index is 1.04. The molecule has 0 atom stereocenters. The fraction of sp³-hybridized carbons (Fsp3) is 0.197. The van der Waals surface area contributed by atoms with Gasteiger partial charge in [-0.1, -0.05) is 58.0 Å². The van der Waals surface area contributed by atoms with Crippen LogP contribution >= 0.6 is 7.26 Å². The van der Waals surface area contributed by atoms with Crippen molar-refractivity contribution in [2.24, 2.45) is 0 Å². The summed E-state index contributed by atoms with van der Waals surface area (Å²) in [6, 6.07) is 57.9. The normalized spacial score (nSPS) is 18.2. The van der Waals surface area contributed by atoms with E-state index in [2.05, 4.69) is 248 Å². The molecule has 0 radical (unpaired) electrons. The molecule has 7 aromatic rings. The molecule has 1 heterocycles. The van der Waals surface area contributed by atoms with Gasteiger partial charge in [-0.2, -0.15) is 0 Å². The van der Waals surface area contributed by atoms with Crippen molar-refractivity contribution in [2.75, 3.05) is 13.2 Å². The number of fused-ring (bicyclic) bond motifs is 9. The Hall–Kier alpha value is -5.95. The molecule has 1 fully saturated rings. The Bertz CT molecular complexity index is 3350. The van der Waals surface area contributed by atoms with Crippen molar-refractivity contribution in [3.8, 4) is 37.8 Å². The quantitative estimate of drug-likeness (QED) is 0.109. The average molecular weight is 1090 g/mol. The maximum absolute atomic E-state index is 6.10. The molecule has 1 aliphatic heterocycles. The third-order valence-electron chi connectivity index (χ3n) is 15.9. The van der Waals surface area contributed by atoms with Crippen LogP contribution in [0.3, 0.4) is 0 Å². The minimum absolute atomic E-state index is 0.0893. The van der Waals surface area contributed by atoms with Crippen LogP contribution in [-0.4, -0.2) is 13.2 Å². The molecule has 69 heavy (non-hydrogen) atoms. The van der Waals surface area contributed by atoms with Crippen molar-refractivity contribution in [2.45, 2.75) is 71.6 Å². The molecule has 0 unspecified atom stereocenters. The summed E-state index contributed by atoms with van der Waals surface area (Å²) >= 11 is 1.84. The van der Waals surface area contributed by atoms with E-state index >= 15 is 0 Å². The van der Waals surface area contributed by atoms with Gasteiger partial charge in [-0.15, -0.1) is 0 Å².